The molecule has 1 aromatic carbocycles. The number of nitrogens with one attached hydrogen (secondary N) is 1. The molecule has 0 aromatic heterocycles. The van der Waals surface area contributed by atoms with Gasteiger partial charge in [-0.2, -0.15) is 0 Å². The van der Waals surface area contributed by atoms with E-state index in [1.165, 1.54) is 0 Å². The van der Waals surface area contributed by atoms with E-state index in [9.17, 15) is 0 Å². The lowest BCUT2D eigenvalue weighted by Gasteiger charge is -2.29. The highest BCUT2D eigenvalue weighted by Crippen LogP contribution is 2.29. The molecule has 1 rings (SSSR count). The molecule has 0 radical (unpaired) electrons. The molecular weight excluding hydrogens is 266 g/mol. The van der Waals surface area contributed by atoms with Gasteiger partial charge in [-0.25, -0.2) is 0 Å². The summed E-state index contributed by atoms with van der Waals surface area (Å²) >= 11 is 0. The topological polar surface area (TPSA) is 39.7 Å². The highest BCUT2D eigenvalue weighted by molar-refractivity contribution is 5.36. The van der Waals surface area contributed by atoms with Crippen LogP contribution in [0.15, 0.2) is 24.3 Å². The van der Waals surface area contributed by atoms with Crippen molar-refractivity contribution < 1.29 is 14.2 Å². The van der Waals surface area contributed by atoms with Crippen molar-refractivity contribution in [3.8, 4) is 5.75 Å². The summed E-state index contributed by atoms with van der Waals surface area (Å²) in [5.41, 5.74) is 1.08. The molecule has 0 aliphatic heterocycles. The lowest BCUT2D eigenvalue weighted by molar-refractivity contribution is -0.155. The van der Waals surface area contributed by atoms with Gasteiger partial charge in [-0.15, -0.1) is 0 Å². The molecule has 1 N–H and O–H groups in total. The third-order valence-electron chi connectivity index (χ3n) is 3.07. The van der Waals surface area contributed by atoms with Crippen LogP contribution in [0.5, 0.6) is 5.75 Å². The molecule has 21 heavy (non-hydrogen) atoms. The predicted molar refractivity (Wildman–Crippen MR) is 85.7 cm³/mol. The van der Waals surface area contributed by atoms with Gasteiger partial charge in [0.05, 0.1) is 12.6 Å². The molecule has 4 heteroatoms. The van der Waals surface area contributed by atoms with Gasteiger partial charge in [-0.05, 0) is 32.9 Å². The van der Waals surface area contributed by atoms with Crippen LogP contribution >= 0.6 is 0 Å². The van der Waals surface area contributed by atoms with Gasteiger partial charge >= 0.3 is 0 Å². The van der Waals surface area contributed by atoms with Gasteiger partial charge < -0.3 is 19.5 Å². The monoisotopic (exact) mass is 295 g/mol. The molecule has 0 spiro atoms. The van der Waals surface area contributed by atoms with Crippen molar-refractivity contribution in [2.45, 2.75) is 46.4 Å². The molecule has 0 heterocycles. The molecule has 1 aromatic rings. The lowest BCUT2D eigenvalue weighted by atomic mass is 10.0. The van der Waals surface area contributed by atoms with Gasteiger partial charge in [-0.1, -0.05) is 32.0 Å². The Morgan fingerprint density at radius 2 is 1.67 bits per heavy atom. The van der Waals surface area contributed by atoms with Gasteiger partial charge in [0.2, 0.25) is 0 Å². The van der Waals surface area contributed by atoms with Crippen molar-refractivity contribution in [3.63, 3.8) is 0 Å². The predicted octanol–water partition coefficient (Wildman–Crippen LogP) is 3.53. The number of benzene rings is 1. The summed E-state index contributed by atoms with van der Waals surface area (Å²) in [5, 5.41) is 3.46. The first-order chi connectivity index (χ1) is 10.3. The fourth-order valence-corrected chi connectivity index (χ4v) is 2.22. The van der Waals surface area contributed by atoms with E-state index >= 15 is 0 Å². The second kappa shape index (κ2) is 10.6. The molecule has 0 aliphatic rings. The Morgan fingerprint density at radius 1 is 1.00 bits per heavy atom. The highest BCUT2D eigenvalue weighted by atomic mass is 16.7. The zero-order valence-corrected chi connectivity index (χ0v) is 13.7. The third-order valence-corrected chi connectivity index (χ3v) is 3.07. The Kier molecular flexibility index (Phi) is 9.06. The molecule has 0 amide bonds. The van der Waals surface area contributed by atoms with Crippen molar-refractivity contribution in [1.29, 1.82) is 0 Å². The number of ether oxygens (including phenoxy) is 3. The average molecular weight is 295 g/mol. The van der Waals surface area contributed by atoms with Crippen LogP contribution < -0.4 is 10.1 Å². The Morgan fingerprint density at radius 3 is 2.24 bits per heavy atom. The highest BCUT2D eigenvalue weighted by Gasteiger charge is 2.26. The number of para-hydroxylation sites is 1. The summed E-state index contributed by atoms with van der Waals surface area (Å²) in [6.45, 7) is 10.9. The second-order valence-electron chi connectivity index (χ2n) is 4.70. The molecule has 4 nitrogen and oxygen atoms in total. The first-order valence-corrected chi connectivity index (χ1v) is 7.96. The Labute approximate surface area is 128 Å². The minimum atomic E-state index is -0.314. The molecule has 0 bridgehead atoms. The number of rotatable bonds is 11. The maximum absolute atomic E-state index is 5.87. The van der Waals surface area contributed by atoms with Crippen LogP contribution in [-0.4, -0.2) is 32.7 Å². The van der Waals surface area contributed by atoms with E-state index in [1.54, 1.807) is 0 Å². The standard InChI is InChI=1S/C17H29NO3/c1-5-13-21-15-12-10-9-11-14(15)16(18-6-2)17(19-7-3)20-8-4/h9-12,16-18H,5-8,13H2,1-4H3. The van der Waals surface area contributed by atoms with Crippen LogP contribution in [0.3, 0.4) is 0 Å². The average Bonchev–Trinajstić information content (AvgIpc) is 2.51. The van der Waals surface area contributed by atoms with Gasteiger partial charge in [0.25, 0.3) is 0 Å². The van der Waals surface area contributed by atoms with E-state index < -0.39 is 0 Å². The Balaban J connectivity index is 3.01. The second-order valence-corrected chi connectivity index (χ2v) is 4.70. The minimum Gasteiger partial charge on any atom is -0.493 e. The lowest BCUT2D eigenvalue weighted by Crippen LogP contribution is -2.36. The fraction of sp³-hybridized carbons (Fsp3) is 0.647. The van der Waals surface area contributed by atoms with E-state index in [0.717, 1.165) is 24.3 Å². The smallest absolute Gasteiger partial charge is 0.176 e. The quantitative estimate of drug-likeness (QED) is 0.634. The first-order valence-electron chi connectivity index (χ1n) is 7.96. The summed E-state index contributed by atoms with van der Waals surface area (Å²) in [4.78, 5) is 0. The summed E-state index contributed by atoms with van der Waals surface area (Å²) in [6, 6.07) is 8.05. The van der Waals surface area contributed by atoms with Crippen molar-refractivity contribution in [1.82, 2.24) is 5.32 Å². The summed E-state index contributed by atoms with van der Waals surface area (Å²) < 4.78 is 17.4. The number of hydrogen-bond donors (Lipinski definition) is 1. The Hall–Kier alpha value is -1.10. The zero-order valence-electron chi connectivity index (χ0n) is 13.7. The maximum atomic E-state index is 5.87. The maximum Gasteiger partial charge on any atom is 0.176 e. The van der Waals surface area contributed by atoms with Crippen LogP contribution in [0, 0.1) is 0 Å². The molecule has 120 valence electrons. The molecule has 1 atom stereocenters. The molecule has 0 aliphatic carbocycles. The van der Waals surface area contributed by atoms with Crippen LogP contribution in [-0.2, 0) is 9.47 Å². The van der Waals surface area contributed by atoms with Crippen molar-refractivity contribution in [3.05, 3.63) is 29.8 Å². The molecule has 0 saturated heterocycles. The molecule has 0 saturated carbocycles. The van der Waals surface area contributed by atoms with E-state index in [4.69, 9.17) is 14.2 Å². The molecule has 1 unspecified atom stereocenters. The van der Waals surface area contributed by atoms with E-state index in [-0.39, 0.29) is 12.3 Å². The van der Waals surface area contributed by atoms with Gasteiger partial charge in [0, 0.05) is 18.8 Å². The first kappa shape index (κ1) is 18.0. The van der Waals surface area contributed by atoms with Crippen LogP contribution in [0.1, 0.15) is 45.7 Å². The van der Waals surface area contributed by atoms with Crippen LogP contribution in [0.2, 0.25) is 0 Å². The van der Waals surface area contributed by atoms with E-state index in [2.05, 4.69) is 25.2 Å². The normalized spacial score (nSPS) is 12.6. The summed E-state index contributed by atoms with van der Waals surface area (Å²) in [6.07, 6.45) is 0.673. The van der Waals surface area contributed by atoms with Gasteiger partial charge in [-0.3, -0.25) is 0 Å². The van der Waals surface area contributed by atoms with Gasteiger partial charge in [0.15, 0.2) is 6.29 Å². The molecule has 0 fully saturated rings. The largest absolute Gasteiger partial charge is 0.493 e. The van der Waals surface area contributed by atoms with Crippen molar-refractivity contribution in [2.75, 3.05) is 26.4 Å². The number of hydrogen-bond acceptors (Lipinski definition) is 4. The summed E-state index contributed by atoms with van der Waals surface area (Å²) in [5.74, 6) is 0.898. The fourth-order valence-electron chi connectivity index (χ4n) is 2.22. The SMILES string of the molecule is CCCOc1ccccc1C(NCC)C(OCC)OCC. The summed E-state index contributed by atoms with van der Waals surface area (Å²) in [7, 11) is 0. The molecular formula is C17H29NO3. The van der Waals surface area contributed by atoms with E-state index in [1.807, 2.05) is 32.0 Å². The zero-order chi connectivity index (χ0) is 15.5. The van der Waals surface area contributed by atoms with Crippen LogP contribution in [0.25, 0.3) is 0 Å². The van der Waals surface area contributed by atoms with Crippen LogP contribution in [0.4, 0.5) is 0 Å². The Bertz CT molecular complexity index is 378. The van der Waals surface area contributed by atoms with Crippen molar-refractivity contribution >= 4 is 0 Å². The van der Waals surface area contributed by atoms with Gasteiger partial charge in [0.1, 0.15) is 5.75 Å². The van der Waals surface area contributed by atoms with E-state index in [0.29, 0.717) is 19.8 Å². The number of likely N-dealkylation sites (N-methyl/N-ethyl adjacent to an activating group) is 1. The third kappa shape index (κ3) is 5.65. The minimum absolute atomic E-state index is 0.0389. The van der Waals surface area contributed by atoms with Crippen molar-refractivity contribution in [2.24, 2.45) is 0 Å².